The van der Waals surface area contributed by atoms with Crippen LogP contribution in [0.1, 0.15) is 0 Å². The van der Waals surface area contributed by atoms with Crippen LogP contribution in [-0.2, 0) is 0 Å². The lowest BCUT2D eigenvalue weighted by atomic mass is 9.99. The first-order valence-electron chi connectivity index (χ1n) is 3.65. The lowest BCUT2D eigenvalue weighted by Crippen LogP contribution is -2.53. The van der Waals surface area contributed by atoms with E-state index in [-0.39, 0.29) is 0 Å². The zero-order valence-electron chi connectivity index (χ0n) is 7.64. The van der Waals surface area contributed by atoms with E-state index in [1.54, 1.807) is 0 Å². The third kappa shape index (κ3) is 3.42. The van der Waals surface area contributed by atoms with Gasteiger partial charge in [-0.1, -0.05) is 12.2 Å². The highest BCUT2D eigenvalue weighted by Gasteiger charge is 2.70. The third-order valence-electron chi connectivity index (χ3n) is 1.58. The van der Waals surface area contributed by atoms with Crippen molar-refractivity contribution in [1.82, 2.24) is 0 Å². The molecular weight excluding hydrogens is 313 g/mol. The molecule has 12 heteroatoms. The van der Waals surface area contributed by atoms with Crippen molar-refractivity contribution in [3.63, 3.8) is 0 Å². The molecule has 18 heavy (non-hydrogen) atoms. The monoisotopic (exact) mass is 314 g/mol. The summed E-state index contributed by atoms with van der Waals surface area (Å²) in [5, 5.41) is 0. The Labute approximate surface area is 96.7 Å². The van der Waals surface area contributed by atoms with Crippen molar-refractivity contribution in [1.29, 1.82) is 0 Å². The second-order valence-electron chi connectivity index (χ2n) is 2.95. The first kappa shape index (κ1) is 17.3. The van der Waals surface area contributed by atoms with Crippen LogP contribution >= 0.6 is 12.2 Å². The van der Waals surface area contributed by atoms with E-state index in [2.05, 4.69) is 12.2 Å². The highest BCUT2D eigenvalue weighted by molar-refractivity contribution is 7.80. The average molecular weight is 314 g/mol. The SMILES string of the molecule is FC(F)(F)C(C(=S)C(F)(F)C(F)(F)F)C(F)(F)F. The van der Waals surface area contributed by atoms with Gasteiger partial charge in [-0.05, 0) is 0 Å². The van der Waals surface area contributed by atoms with E-state index in [0.29, 0.717) is 0 Å². The van der Waals surface area contributed by atoms with Gasteiger partial charge in [-0.2, -0.15) is 48.3 Å². The van der Waals surface area contributed by atoms with E-state index < -0.39 is 35.2 Å². The Bertz CT molecular complexity index is 304. The zero-order chi connectivity index (χ0) is 15.2. The summed E-state index contributed by atoms with van der Waals surface area (Å²) in [7, 11) is 0. The summed E-state index contributed by atoms with van der Waals surface area (Å²) in [6.07, 6.45) is -19.4. The van der Waals surface area contributed by atoms with Crippen LogP contribution in [0, 0.1) is 5.92 Å². The Morgan fingerprint density at radius 1 is 0.667 bits per heavy atom. The molecule has 0 bridgehead atoms. The molecule has 0 N–H and O–H groups in total. The predicted molar refractivity (Wildman–Crippen MR) is 39.2 cm³/mol. The molecule has 0 amide bonds. The molecule has 0 aromatic rings. The molecule has 0 aromatic carbocycles. The van der Waals surface area contributed by atoms with Gasteiger partial charge in [0.25, 0.3) is 0 Å². The summed E-state index contributed by atoms with van der Waals surface area (Å²) in [5.74, 6) is -11.4. The molecule has 0 aromatic heterocycles. The van der Waals surface area contributed by atoms with E-state index in [0.717, 1.165) is 0 Å². The van der Waals surface area contributed by atoms with Gasteiger partial charge in [0.05, 0.1) is 4.86 Å². The van der Waals surface area contributed by atoms with Crippen molar-refractivity contribution < 1.29 is 48.3 Å². The van der Waals surface area contributed by atoms with Crippen LogP contribution < -0.4 is 0 Å². The summed E-state index contributed by atoms with van der Waals surface area (Å²) >= 11 is 3.05. The van der Waals surface area contributed by atoms with Crippen molar-refractivity contribution in [2.24, 2.45) is 5.92 Å². The lowest BCUT2D eigenvalue weighted by molar-refractivity contribution is -0.279. The average Bonchev–Trinajstić information content (AvgIpc) is 1.95. The summed E-state index contributed by atoms with van der Waals surface area (Å²) in [6.45, 7) is 0. The van der Waals surface area contributed by atoms with Gasteiger partial charge in [0.2, 0.25) is 0 Å². The van der Waals surface area contributed by atoms with Gasteiger partial charge in [-0.15, -0.1) is 0 Å². The fourth-order valence-corrected chi connectivity index (χ4v) is 1.19. The number of thiocarbonyl (C=S) groups is 1. The van der Waals surface area contributed by atoms with Crippen LogP contribution in [0.4, 0.5) is 48.3 Å². The first-order chi connectivity index (χ1) is 7.53. The van der Waals surface area contributed by atoms with Crippen molar-refractivity contribution in [3.05, 3.63) is 0 Å². The summed E-state index contributed by atoms with van der Waals surface area (Å²) in [4.78, 5) is -3.48. The molecule has 0 unspecified atom stereocenters. The minimum absolute atomic E-state index is 3.05. The topological polar surface area (TPSA) is 0 Å². The summed E-state index contributed by atoms with van der Waals surface area (Å²) < 4.78 is 131. The van der Waals surface area contributed by atoms with Crippen LogP contribution in [0.5, 0.6) is 0 Å². The number of alkyl halides is 11. The maximum absolute atomic E-state index is 12.4. The molecule has 0 saturated carbocycles. The fraction of sp³-hybridized carbons (Fsp3) is 0.833. The van der Waals surface area contributed by atoms with Crippen LogP contribution in [0.2, 0.25) is 0 Å². The Balaban J connectivity index is 5.65. The molecule has 0 rings (SSSR count). The predicted octanol–water partition coefficient (Wildman–Crippen LogP) is 4.29. The van der Waals surface area contributed by atoms with Crippen molar-refractivity contribution in [3.8, 4) is 0 Å². The summed E-state index contributed by atoms with van der Waals surface area (Å²) in [5.41, 5.74) is 0. The van der Waals surface area contributed by atoms with Crippen molar-refractivity contribution in [2.75, 3.05) is 0 Å². The van der Waals surface area contributed by atoms with Gasteiger partial charge in [0.1, 0.15) is 0 Å². The Hall–Kier alpha value is -0.680. The third-order valence-corrected chi connectivity index (χ3v) is 2.07. The quantitative estimate of drug-likeness (QED) is 0.541. The molecule has 0 saturated heterocycles. The van der Waals surface area contributed by atoms with E-state index >= 15 is 0 Å². The number of halogens is 11. The van der Waals surface area contributed by atoms with E-state index in [9.17, 15) is 48.3 Å². The van der Waals surface area contributed by atoms with Gasteiger partial charge < -0.3 is 0 Å². The first-order valence-corrected chi connectivity index (χ1v) is 4.06. The van der Waals surface area contributed by atoms with Gasteiger partial charge in [0, 0.05) is 0 Å². The maximum atomic E-state index is 12.4. The molecule has 0 aliphatic heterocycles. The second-order valence-corrected chi connectivity index (χ2v) is 3.39. The smallest absolute Gasteiger partial charge is 0.190 e. The Kier molecular flexibility index (Phi) is 4.29. The van der Waals surface area contributed by atoms with Crippen molar-refractivity contribution in [2.45, 2.75) is 24.5 Å². The highest BCUT2D eigenvalue weighted by atomic mass is 32.1. The van der Waals surface area contributed by atoms with Crippen LogP contribution in [0.15, 0.2) is 0 Å². The van der Waals surface area contributed by atoms with E-state index in [1.807, 2.05) is 0 Å². The zero-order valence-corrected chi connectivity index (χ0v) is 8.46. The molecule has 0 radical (unpaired) electrons. The van der Waals surface area contributed by atoms with Gasteiger partial charge >= 0.3 is 24.5 Å². The highest BCUT2D eigenvalue weighted by Crippen LogP contribution is 2.47. The van der Waals surface area contributed by atoms with Crippen LogP contribution in [0.25, 0.3) is 0 Å². The molecule has 0 aliphatic carbocycles. The molecular formula is C6HF11S. The second kappa shape index (κ2) is 4.46. The molecule has 0 nitrogen and oxygen atoms in total. The molecule has 108 valence electrons. The number of hydrogen-bond donors (Lipinski definition) is 0. The van der Waals surface area contributed by atoms with Crippen molar-refractivity contribution >= 4 is 17.1 Å². The van der Waals surface area contributed by atoms with Crippen LogP contribution in [-0.4, -0.2) is 29.3 Å². The van der Waals surface area contributed by atoms with Gasteiger partial charge in [0.15, 0.2) is 5.92 Å². The van der Waals surface area contributed by atoms with Gasteiger partial charge in [-0.25, -0.2) is 0 Å². The fourth-order valence-electron chi connectivity index (χ4n) is 0.804. The maximum Gasteiger partial charge on any atom is 0.458 e. The molecule has 0 heterocycles. The molecule has 0 spiro atoms. The minimum atomic E-state index is -6.64. The number of rotatable bonds is 2. The van der Waals surface area contributed by atoms with E-state index in [1.165, 1.54) is 0 Å². The Morgan fingerprint density at radius 2 is 0.944 bits per heavy atom. The molecule has 0 atom stereocenters. The van der Waals surface area contributed by atoms with Crippen LogP contribution in [0.3, 0.4) is 0 Å². The van der Waals surface area contributed by atoms with E-state index in [4.69, 9.17) is 0 Å². The van der Waals surface area contributed by atoms with Gasteiger partial charge in [-0.3, -0.25) is 0 Å². The standard InChI is InChI=1S/C6HF11S/c7-3(8,6(15,16)17)2(18)1(4(9,10)11)5(12,13)14/h1H. The molecule has 0 fully saturated rings. The molecule has 0 aliphatic rings. The summed E-state index contributed by atoms with van der Waals surface area (Å²) in [6, 6.07) is 0. The largest absolute Gasteiger partial charge is 0.458 e. The normalized spacial score (nSPS) is 15.1. The number of hydrogen-bond acceptors (Lipinski definition) is 1. The minimum Gasteiger partial charge on any atom is -0.190 e. The lowest BCUT2D eigenvalue weighted by Gasteiger charge is -2.28. The Morgan fingerprint density at radius 3 is 1.11 bits per heavy atom.